The van der Waals surface area contributed by atoms with Crippen molar-refractivity contribution in [1.82, 2.24) is 9.62 Å². The van der Waals surface area contributed by atoms with Crippen LogP contribution in [0.1, 0.15) is 26.7 Å². The van der Waals surface area contributed by atoms with Crippen LogP contribution in [0.25, 0.3) is 0 Å². The summed E-state index contributed by atoms with van der Waals surface area (Å²) >= 11 is 0. The van der Waals surface area contributed by atoms with Crippen molar-refractivity contribution in [1.29, 1.82) is 0 Å². The molecule has 1 amide bonds. The highest BCUT2D eigenvalue weighted by Crippen LogP contribution is 2.15. The van der Waals surface area contributed by atoms with Gasteiger partial charge in [-0.1, -0.05) is 6.92 Å². The molecule has 0 bridgehead atoms. The second-order valence-electron chi connectivity index (χ2n) is 5.26. The van der Waals surface area contributed by atoms with Crippen LogP contribution < -0.4 is 9.46 Å². The molecule has 0 aliphatic carbocycles. The molecule has 1 rings (SSSR count). The zero-order valence-corrected chi connectivity index (χ0v) is 15.2. The Bertz CT molecular complexity index is 672. The van der Waals surface area contributed by atoms with Crippen LogP contribution in [0.2, 0.25) is 0 Å². The van der Waals surface area contributed by atoms with Gasteiger partial charge in [0, 0.05) is 19.5 Å². The van der Waals surface area contributed by atoms with Gasteiger partial charge in [-0.2, -0.15) is 0 Å². The Labute approximate surface area is 147 Å². The van der Waals surface area contributed by atoms with E-state index in [9.17, 15) is 18.0 Å². The Kier molecular flexibility index (Phi) is 8.36. The maximum atomic E-state index is 12.2. The van der Waals surface area contributed by atoms with Crippen LogP contribution in [0, 0.1) is 0 Å². The maximum Gasteiger partial charge on any atom is 0.323 e. The minimum atomic E-state index is -3.74. The number of hydrogen-bond acceptors (Lipinski definition) is 5. The highest BCUT2D eigenvalue weighted by Gasteiger charge is 2.18. The number of hydrogen-bond donors (Lipinski definition) is 2. The number of rotatable bonds is 11. The highest BCUT2D eigenvalue weighted by atomic mass is 32.2. The molecule has 0 aliphatic rings. The van der Waals surface area contributed by atoms with Gasteiger partial charge in [0.2, 0.25) is 15.9 Å². The Balaban J connectivity index is 2.60. The predicted octanol–water partition coefficient (Wildman–Crippen LogP) is 1.08. The SMILES string of the molecule is CCCN(CC(=O)O)C(=O)CCNS(=O)(=O)c1ccc(OCC)cc1. The Morgan fingerprint density at radius 2 is 1.84 bits per heavy atom. The summed E-state index contributed by atoms with van der Waals surface area (Å²) in [5, 5.41) is 8.81. The zero-order valence-electron chi connectivity index (χ0n) is 14.4. The van der Waals surface area contributed by atoms with Gasteiger partial charge in [0.1, 0.15) is 12.3 Å². The van der Waals surface area contributed by atoms with Gasteiger partial charge in [0.15, 0.2) is 0 Å². The van der Waals surface area contributed by atoms with E-state index in [0.717, 1.165) is 0 Å². The van der Waals surface area contributed by atoms with E-state index >= 15 is 0 Å². The fourth-order valence-corrected chi connectivity index (χ4v) is 3.17. The van der Waals surface area contributed by atoms with Gasteiger partial charge in [-0.25, -0.2) is 13.1 Å². The van der Waals surface area contributed by atoms with Gasteiger partial charge in [0.05, 0.1) is 11.5 Å². The van der Waals surface area contributed by atoms with Crippen LogP contribution in [0.5, 0.6) is 5.75 Å². The lowest BCUT2D eigenvalue weighted by atomic mass is 10.3. The summed E-state index contributed by atoms with van der Waals surface area (Å²) in [6, 6.07) is 5.95. The maximum absolute atomic E-state index is 12.2. The van der Waals surface area contributed by atoms with Gasteiger partial charge in [0.25, 0.3) is 0 Å². The van der Waals surface area contributed by atoms with Gasteiger partial charge in [-0.3, -0.25) is 9.59 Å². The third-order valence-electron chi connectivity index (χ3n) is 3.25. The largest absolute Gasteiger partial charge is 0.494 e. The molecule has 0 radical (unpaired) electrons. The van der Waals surface area contributed by atoms with Crippen LogP contribution in [-0.2, 0) is 19.6 Å². The fraction of sp³-hybridized carbons (Fsp3) is 0.500. The standard InChI is InChI=1S/C16H24N2O6S/c1-3-11-18(12-16(20)21)15(19)9-10-17-25(22,23)14-7-5-13(6-8-14)24-4-2/h5-8,17H,3-4,9-12H2,1-2H3,(H,20,21). The summed E-state index contributed by atoms with van der Waals surface area (Å²) in [7, 11) is -3.74. The number of aliphatic carboxylic acids is 1. The van der Waals surface area contributed by atoms with Crippen LogP contribution in [0.3, 0.4) is 0 Å². The molecular weight excluding hydrogens is 348 g/mol. The second kappa shape index (κ2) is 10.00. The quantitative estimate of drug-likeness (QED) is 0.601. The fourth-order valence-electron chi connectivity index (χ4n) is 2.14. The zero-order chi connectivity index (χ0) is 18.9. The predicted molar refractivity (Wildman–Crippen MR) is 91.9 cm³/mol. The van der Waals surface area contributed by atoms with Crippen molar-refractivity contribution in [2.24, 2.45) is 0 Å². The van der Waals surface area contributed by atoms with E-state index < -0.39 is 28.4 Å². The number of nitrogens with one attached hydrogen (secondary N) is 1. The van der Waals surface area contributed by atoms with E-state index in [2.05, 4.69) is 4.72 Å². The third kappa shape index (κ3) is 7.10. The van der Waals surface area contributed by atoms with Crippen LogP contribution in [0.15, 0.2) is 29.2 Å². The molecule has 0 atom stereocenters. The average molecular weight is 372 g/mol. The second-order valence-corrected chi connectivity index (χ2v) is 7.03. The highest BCUT2D eigenvalue weighted by molar-refractivity contribution is 7.89. The molecule has 2 N–H and O–H groups in total. The van der Waals surface area contributed by atoms with Crippen LogP contribution >= 0.6 is 0 Å². The van der Waals surface area contributed by atoms with Crippen molar-refractivity contribution in [2.45, 2.75) is 31.6 Å². The number of amides is 1. The molecule has 1 aromatic rings. The molecule has 8 nitrogen and oxygen atoms in total. The monoisotopic (exact) mass is 372 g/mol. The van der Waals surface area contributed by atoms with E-state index in [-0.39, 0.29) is 17.9 Å². The first kappa shape index (κ1) is 20.9. The van der Waals surface area contributed by atoms with Crippen LogP contribution in [0.4, 0.5) is 0 Å². The molecule has 0 fully saturated rings. The summed E-state index contributed by atoms with van der Waals surface area (Å²) in [5.74, 6) is -0.934. The number of sulfonamides is 1. The number of benzene rings is 1. The Morgan fingerprint density at radius 1 is 1.20 bits per heavy atom. The molecule has 0 saturated carbocycles. The topological polar surface area (TPSA) is 113 Å². The first-order valence-electron chi connectivity index (χ1n) is 8.02. The summed E-state index contributed by atoms with van der Waals surface area (Å²) in [4.78, 5) is 24.1. The van der Waals surface area contributed by atoms with Crippen molar-refractivity contribution < 1.29 is 27.9 Å². The summed E-state index contributed by atoms with van der Waals surface area (Å²) in [6.07, 6.45) is 0.514. The third-order valence-corrected chi connectivity index (χ3v) is 4.73. The minimum absolute atomic E-state index is 0.0688. The Hall–Kier alpha value is -2.13. The van der Waals surface area contributed by atoms with E-state index in [1.54, 1.807) is 12.1 Å². The molecule has 1 aromatic carbocycles. The van der Waals surface area contributed by atoms with Gasteiger partial charge in [-0.15, -0.1) is 0 Å². The van der Waals surface area contributed by atoms with Crippen molar-refractivity contribution in [3.05, 3.63) is 24.3 Å². The number of carbonyl (C=O) groups excluding carboxylic acids is 1. The molecular formula is C16H24N2O6S. The van der Waals surface area contributed by atoms with Crippen molar-refractivity contribution in [3.63, 3.8) is 0 Å². The van der Waals surface area contributed by atoms with Crippen LogP contribution in [-0.4, -0.2) is 56.5 Å². The molecule has 9 heteroatoms. The molecule has 25 heavy (non-hydrogen) atoms. The van der Waals surface area contributed by atoms with Crippen molar-refractivity contribution in [3.8, 4) is 5.75 Å². The average Bonchev–Trinajstić information content (AvgIpc) is 2.54. The van der Waals surface area contributed by atoms with E-state index in [1.165, 1.54) is 17.0 Å². The molecule has 0 heterocycles. The lowest BCUT2D eigenvalue weighted by Crippen LogP contribution is -2.38. The lowest BCUT2D eigenvalue weighted by Gasteiger charge is -2.20. The molecule has 0 aromatic heterocycles. The van der Waals surface area contributed by atoms with Gasteiger partial charge < -0.3 is 14.7 Å². The van der Waals surface area contributed by atoms with Crippen molar-refractivity contribution >= 4 is 21.9 Å². The number of nitrogens with zero attached hydrogens (tertiary/aromatic N) is 1. The molecule has 0 aliphatic heterocycles. The lowest BCUT2D eigenvalue weighted by molar-refractivity contribution is -0.144. The first-order chi connectivity index (χ1) is 11.8. The molecule has 0 saturated heterocycles. The number of carbonyl (C=O) groups is 2. The number of carboxylic acid groups (broad SMARTS) is 1. The normalized spacial score (nSPS) is 11.1. The van der Waals surface area contributed by atoms with Gasteiger partial charge in [-0.05, 0) is 37.6 Å². The molecule has 0 spiro atoms. The summed E-state index contributed by atoms with van der Waals surface area (Å²) < 4.78 is 32.0. The molecule has 0 unspecified atom stereocenters. The first-order valence-corrected chi connectivity index (χ1v) is 9.50. The smallest absolute Gasteiger partial charge is 0.323 e. The summed E-state index contributed by atoms with van der Waals surface area (Å²) in [5.41, 5.74) is 0. The van der Waals surface area contributed by atoms with E-state index in [0.29, 0.717) is 25.3 Å². The minimum Gasteiger partial charge on any atom is -0.494 e. The molecule has 140 valence electrons. The van der Waals surface area contributed by atoms with Crippen molar-refractivity contribution in [2.75, 3.05) is 26.2 Å². The summed E-state index contributed by atoms with van der Waals surface area (Å²) in [6.45, 7) is 3.96. The van der Waals surface area contributed by atoms with Gasteiger partial charge >= 0.3 is 5.97 Å². The Morgan fingerprint density at radius 3 is 2.36 bits per heavy atom. The number of carboxylic acids is 1. The van der Waals surface area contributed by atoms with E-state index in [4.69, 9.17) is 9.84 Å². The van der Waals surface area contributed by atoms with E-state index in [1.807, 2.05) is 13.8 Å². The number of ether oxygens (including phenoxy) is 1.